The van der Waals surface area contributed by atoms with Gasteiger partial charge < -0.3 is 10.6 Å². The van der Waals surface area contributed by atoms with Crippen LogP contribution in [-0.4, -0.2) is 54.5 Å². The van der Waals surface area contributed by atoms with E-state index in [0.29, 0.717) is 25.2 Å². The summed E-state index contributed by atoms with van der Waals surface area (Å²) in [6.45, 7) is 4.59. The lowest BCUT2D eigenvalue weighted by atomic mass is 9.87. The highest BCUT2D eigenvalue weighted by Crippen LogP contribution is 2.26. The van der Waals surface area contributed by atoms with Crippen LogP contribution in [0.25, 0.3) is 0 Å². The van der Waals surface area contributed by atoms with Gasteiger partial charge in [0, 0.05) is 25.7 Å². The van der Waals surface area contributed by atoms with Gasteiger partial charge in [-0.1, -0.05) is 13.3 Å². The summed E-state index contributed by atoms with van der Waals surface area (Å²) in [5.41, 5.74) is 5.84. The van der Waals surface area contributed by atoms with E-state index in [4.69, 9.17) is 5.73 Å². The lowest BCUT2D eigenvalue weighted by Gasteiger charge is -2.38. The molecule has 21 heavy (non-hydrogen) atoms. The Labute approximate surface area is 135 Å². The van der Waals surface area contributed by atoms with Gasteiger partial charge in [0.05, 0.1) is 6.54 Å². The molecule has 2 N–H and O–H groups in total. The van der Waals surface area contributed by atoms with E-state index >= 15 is 0 Å². The number of carbonyl (C=O) groups excluding carboxylic acids is 1. The summed E-state index contributed by atoms with van der Waals surface area (Å²) in [7, 11) is 1.99. The predicted molar refractivity (Wildman–Crippen MR) is 89.7 cm³/mol. The molecule has 4 nitrogen and oxygen atoms in total. The molecule has 0 radical (unpaired) electrons. The molecule has 5 heteroatoms. The molecule has 0 aromatic rings. The van der Waals surface area contributed by atoms with E-state index in [1.165, 1.54) is 38.5 Å². The number of hydrogen-bond acceptors (Lipinski definition) is 3. The average Bonchev–Trinajstić information content (AvgIpc) is 2.48. The average molecular weight is 318 g/mol. The Balaban J connectivity index is 0.00000220. The van der Waals surface area contributed by atoms with Crippen LogP contribution < -0.4 is 5.73 Å². The van der Waals surface area contributed by atoms with Gasteiger partial charge in [-0.15, -0.1) is 12.4 Å². The maximum Gasteiger partial charge on any atom is 0.236 e. The number of halogens is 1. The Kier molecular flexibility index (Phi) is 7.99. The Bertz CT molecular complexity index is 319. The second-order valence-corrected chi connectivity index (χ2v) is 6.77. The van der Waals surface area contributed by atoms with Crippen molar-refractivity contribution in [2.24, 2.45) is 11.7 Å². The molecule has 124 valence electrons. The van der Waals surface area contributed by atoms with Crippen LogP contribution in [0.4, 0.5) is 0 Å². The summed E-state index contributed by atoms with van der Waals surface area (Å²) in [6, 6.07) is 0.868. The Morgan fingerprint density at radius 3 is 2.48 bits per heavy atom. The van der Waals surface area contributed by atoms with Crippen molar-refractivity contribution in [2.75, 3.05) is 26.7 Å². The minimum Gasteiger partial charge on any atom is -0.342 e. The first-order valence-corrected chi connectivity index (χ1v) is 8.31. The lowest BCUT2D eigenvalue weighted by Crippen LogP contribution is -2.50. The molecule has 1 heterocycles. The summed E-state index contributed by atoms with van der Waals surface area (Å²) in [5, 5.41) is 0. The smallest absolute Gasteiger partial charge is 0.236 e. The van der Waals surface area contributed by atoms with Crippen molar-refractivity contribution in [1.29, 1.82) is 0 Å². The maximum absolute atomic E-state index is 12.5. The van der Waals surface area contributed by atoms with Crippen molar-refractivity contribution in [3.63, 3.8) is 0 Å². The Hall–Kier alpha value is -0.320. The number of piperidine rings is 1. The minimum atomic E-state index is 0. The van der Waals surface area contributed by atoms with Gasteiger partial charge in [0.2, 0.25) is 5.91 Å². The Morgan fingerprint density at radius 1 is 1.19 bits per heavy atom. The molecule has 0 bridgehead atoms. The van der Waals surface area contributed by atoms with Gasteiger partial charge in [0.25, 0.3) is 0 Å². The molecule has 2 aliphatic rings. The van der Waals surface area contributed by atoms with E-state index in [1.807, 2.05) is 11.9 Å². The van der Waals surface area contributed by atoms with E-state index in [-0.39, 0.29) is 18.3 Å². The van der Waals surface area contributed by atoms with E-state index in [1.54, 1.807) is 0 Å². The van der Waals surface area contributed by atoms with Crippen LogP contribution in [-0.2, 0) is 4.79 Å². The molecular weight excluding hydrogens is 286 g/mol. The highest BCUT2D eigenvalue weighted by molar-refractivity contribution is 5.85. The number of hydrogen-bond donors (Lipinski definition) is 1. The first kappa shape index (κ1) is 18.7. The number of nitrogens with zero attached hydrogens (tertiary/aromatic N) is 2. The van der Waals surface area contributed by atoms with Crippen LogP contribution in [0, 0.1) is 5.92 Å². The first-order chi connectivity index (χ1) is 9.61. The van der Waals surface area contributed by atoms with Crippen LogP contribution in [0.5, 0.6) is 0 Å². The summed E-state index contributed by atoms with van der Waals surface area (Å²) in [4.78, 5) is 16.8. The van der Waals surface area contributed by atoms with Gasteiger partial charge in [-0.2, -0.15) is 0 Å². The third-order valence-electron chi connectivity index (χ3n) is 5.29. The second kappa shape index (κ2) is 8.96. The standard InChI is InChI=1S/C16H31N3O.ClH/c1-13-6-8-14(9-7-13)18(2)16(20)12-19-10-4-3-5-15(19)11-17;/h13-15H,3-12,17H2,1-2H3;1H. The molecule has 0 aromatic carbocycles. The number of likely N-dealkylation sites (N-methyl/N-ethyl adjacent to an activating group) is 1. The van der Waals surface area contributed by atoms with Gasteiger partial charge in [0.1, 0.15) is 0 Å². The van der Waals surface area contributed by atoms with Gasteiger partial charge in [0.15, 0.2) is 0 Å². The molecular formula is C16H32ClN3O. The van der Waals surface area contributed by atoms with Crippen LogP contribution in [0.15, 0.2) is 0 Å². The summed E-state index contributed by atoms with van der Waals surface area (Å²) in [5.74, 6) is 1.11. The van der Waals surface area contributed by atoms with Gasteiger partial charge >= 0.3 is 0 Å². The molecule has 1 aliphatic carbocycles. The van der Waals surface area contributed by atoms with Crippen molar-refractivity contribution < 1.29 is 4.79 Å². The maximum atomic E-state index is 12.5. The number of rotatable bonds is 4. The van der Waals surface area contributed by atoms with E-state index in [2.05, 4.69) is 11.8 Å². The number of nitrogens with two attached hydrogens (primary N) is 1. The largest absolute Gasteiger partial charge is 0.342 e. The third-order valence-corrected chi connectivity index (χ3v) is 5.29. The van der Waals surface area contributed by atoms with E-state index in [9.17, 15) is 4.79 Å². The normalized spacial score (nSPS) is 30.5. The number of likely N-dealkylation sites (tertiary alicyclic amines) is 1. The fourth-order valence-electron chi connectivity index (χ4n) is 3.65. The quantitative estimate of drug-likeness (QED) is 0.865. The highest BCUT2D eigenvalue weighted by Gasteiger charge is 2.28. The van der Waals surface area contributed by atoms with Crippen molar-refractivity contribution in [2.45, 2.75) is 64.0 Å². The van der Waals surface area contributed by atoms with E-state index < -0.39 is 0 Å². The predicted octanol–water partition coefficient (Wildman–Crippen LogP) is 2.26. The van der Waals surface area contributed by atoms with Crippen LogP contribution in [0.1, 0.15) is 51.9 Å². The molecule has 2 rings (SSSR count). The number of carbonyl (C=O) groups is 1. The fraction of sp³-hybridized carbons (Fsp3) is 0.938. The minimum absolute atomic E-state index is 0. The zero-order valence-electron chi connectivity index (χ0n) is 13.6. The summed E-state index contributed by atoms with van der Waals surface area (Å²) < 4.78 is 0. The molecule has 1 atom stereocenters. The second-order valence-electron chi connectivity index (χ2n) is 6.77. The SMILES string of the molecule is CC1CCC(N(C)C(=O)CN2CCCCC2CN)CC1.Cl. The molecule has 1 aliphatic heterocycles. The zero-order valence-corrected chi connectivity index (χ0v) is 14.4. The van der Waals surface area contributed by atoms with Crippen molar-refractivity contribution >= 4 is 18.3 Å². The fourth-order valence-corrected chi connectivity index (χ4v) is 3.65. The van der Waals surface area contributed by atoms with Crippen molar-refractivity contribution in [3.05, 3.63) is 0 Å². The monoisotopic (exact) mass is 317 g/mol. The summed E-state index contributed by atoms with van der Waals surface area (Å²) in [6.07, 6.45) is 8.47. The molecule has 2 fully saturated rings. The van der Waals surface area contributed by atoms with Crippen molar-refractivity contribution in [1.82, 2.24) is 9.80 Å². The first-order valence-electron chi connectivity index (χ1n) is 8.31. The van der Waals surface area contributed by atoms with Crippen LogP contribution in [0.3, 0.4) is 0 Å². The Morgan fingerprint density at radius 2 is 1.86 bits per heavy atom. The molecule has 1 saturated heterocycles. The summed E-state index contributed by atoms with van der Waals surface area (Å²) >= 11 is 0. The lowest BCUT2D eigenvalue weighted by molar-refractivity contribution is -0.134. The van der Waals surface area contributed by atoms with Gasteiger partial charge in [-0.3, -0.25) is 9.69 Å². The van der Waals surface area contributed by atoms with Gasteiger partial charge in [-0.05, 0) is 51.0 Å². The molecule has 0 aromatic heterocycles. The molecule has 0 spiro atoms. The molecule has 1 amide bonds. The van der Waals surface area contributed by atoms with Gasteiger partial charge in [-0.25, -0.2) is 0 Å². The highest BCUT2D eigenvalue weighted by atomic mass is 35.5. The van der Waals surface area contributed by atoms with Crippen molar-refractivity contribution in [3.8, 4) is 0 Å². The zero-order chi connectivity index (χ0) is 14.5. The third kappa shape index (κ3) is 5.11. The molecule has 1 unspecified atom stereocenters. The van der Waals surface area contributed by atoms with Crippen LogP contribution >= 0.6 is 12.4 Å². The molecule has 1 saturated carbocycles. The van der Waals surface area contributed by atoms with E-state index in [0.717, 1.165) is 18.9 Å². The number of amides is 1. The topological polar surface area (TPSA) is 49.6 Å². The van der Waals surface area contributed by atoms with Crippen LogP contribution in [0.2, 0.25) is 0 Å².